The Morgan fingerprint density at radius 3 is 2.23 bits per heavy atom. The van der Waals surface area contributed by atoms with Crippen molar-refractivity contribution in [1.29, 1.82) is 0 Å². The van der Waals surface area contributed by atoms with E-state index in [9.17, 15) is 19.6 Å². The third-order valence-corrected chi connectivity index (χ3v) is 5.74. The van der Waals surface area contributed by atoms with Crippen LogP contribution in [-0.2, 0) is 9.30 Å². The van der Waals surface area contributed by atoms with Crippen LogP contribution in [0.2, 0.25) is 0 Å². The molecule has 2 amide bonds. The third-order valence-electron chi connectivity index (χ3n) is 4.52. The Morgan fingerprint density at radius 1 is 1.33 bits per heavy atom. The molecule has 0 aromatic heterocycles. The van der Waals surface area contributed by atoms with Crippen LogP contribution in [0, 0.1) is 0 Å². The maximum absolute atomic E-state index is 11.9. The molecular weight excluding hydrogens is 433 g/mol. The highest BCUT2D eigenvalue weighted by atomic mass is 31.2. The monoisotopic (exact) mass is 461 g/mol. The Hall–Kier alpha value is -1.20. The first-order valence-electron chi connectivity index (χ1n) is 8.54. The first kappa shape index (κ1) is 26.8. The number of nitrogens with two attached hydrogens (primary N) is 1. The van der Waals surface area contributed by atoms with Crippen molar-refractivity contribution in [3.63, 3.8) is 0 Å². The summed E-state index contributed by atoms with van der Waals surface area (Å²) in [6.07, 6.45) is -4.80. The molecule has 1 saturated heterocycles. The fourth-order valence-corrected chi connectivity index (χ4v) is 2.82. The molecule has 7 atom stereocenters. The second-order valence-electron chi connectivity index (χ2n) is 6.97. The maximum Gasteiger partial charge on any atom is 0.369 e. The summed E-state index contributed by atoms with van der Waals surface area (Å²) in [5.74, 6) is 0. The maximum atomic E-state index is 11.9. The average molecular weight is 461 g/mol. The largest absolute Gasteiger partial charge is 0.394 e. The zero-order chi connectivity index (χ0) is 23.5. The van der Waals surface area contributed by atoms with Gasteiger partial charge in [0.05, 0.1) is 19.8 Å². The van der Waals surface area contributed by atoms with Crippen molar-refractivity contribution in [2.24, 2.45) is 5.73 Å². The lowest BCUT2D eigenvalue weighted by Crippen LogP contribution is -2.62. The lowest BCUT2D eigenvalue weighted by molar-refractivity contribution is -0.108. The molecule has 0 spiro atoms. The van der Waals surface area contributed by atoms with Crippen molar-refractivity contribution < 1.29 is 59.6 Å². The SMILES string of the molecule is C[C@](O)(CO)[C@H](O)CO.NC1(P(=O)(O)O)C=CN([C@@H]2O[C@H](CO)[C@@H](O)[C@H]2O)C(=O)N1. The highest BCUT2D eigenvalue weighted by molar-refractivity contribution is 7.53. The van der Waals surface area contributed by atoms with Gasteiger partial charge < -0.3 is 55.6 Å². The molecule has 0 aliphatic carbocycles. The zero-order valence-electron chi connectivity index (χ0n) is 15.9. The number of urea groups is 1. The molecule has 2 aliphatic heterocycles. The van der Waals surface area contributed by atoms with E-state index in [4.69, 9.17) is 45.8 Å². The van der Waals surface area contributed by atoms with Gasteiger partial charge in [-0.3, -0.25) is 15.2 Å². The summed E-state index contributed by atoms with van der Waals surface area (Å²) in [7, 11) is -4.85. The summed E-state index contributed by atoms with van der Waals surface area (Å²) in [6.45, 7) is -0.437. The summed E-state index contributed by atoms with van der Waals surface area (Å²) in [6, 6.07) is -1.03. The van der Waals surface area contributed by atoms with Gasteiger partial charge in [0.25, 0.3) is 0 Å². The number of nitrogens with one attached hydrogen (secondary N) is 1. The highest BCUT2D eigenvalue weighted by Gasteiger charge is 2.51. The minimum absolute atomic E-state index is 0.548. The lowest BCUT2D eigenvalue weighted by Gasteiger charge is -2.37. The standard InChI is InChI=1S/C9H16N3O8P.C5H12O4/c10-9(21(17,18)19)1-2-12(8(16)11-9)7-6(15)5(14)4(3-13)20-7;1-5(9,3-7)4(8)2-6/h1-2,4-7,13-15H,3,10H2,(H,11,16)(H2,17,18,19);4,6-9H,2-3H2,1H3/t4-,5-,6-,7-,9?;4-,5+/m11/s1. The Kier molecular flexibility index (Phi) is 8.90. The van der Waals surface area contributed by atoms with Crippen LogP contribution in [0.25, 0.3) is 0 Å². The van der Waals surface area contributed by atoms with Gasteiger partial charge in [-0.2, -0.15) is 0 Å². The first-order chi connectivity index (χ1) is 13.6. The van der Waals surface area contributed by atoms with Gasteiger partial charge in [0, 0.05) is 6.20 Å². The van der Waals surface area contributed by atoms with Crippen molar-refractivity contribution >= 4 is 13.6 Å². The molecule has 16 heteroatoms. The Balaban J connectivity index is 0.000000424. The summed E-state index contributed by atoms with van der Waals surface area (Å²) >= 11 is 0. The topological polar surface area (TPSA) is 267 Å². The molecule has 0 aromatic carbocycles. The number of aliphatic hydroxyl groups is 7. The summed E-state index contributed by atoms with van der Waals surface area (Å²) in [4.78, 5) is 30.9. The van der Waals surface area contributed by atoms with Crippen molar-refractivity contribution in [2.45, 2.75) is 48.6 Å². The van der Waals surface area contributed by atoms with Crippen LogP contribution in [0.1, 0.15) is 6.92 Å². The van der Waals surface area contributed by atoms with E-state index in [2.05, 4.69) is 0 Å². The predicted octanol–water partition coefficient (Wildman–Crippen LogP) is -5.16. The third kappa shape index (κ3) is 5.73. The van der Waals surface area contributed by atoms with Crippen molar-refractivity contribution in [2.75, 3.05) is 19.8 Å². The fraction of sp³-hybridized carbons (Fsp3) is 0.786. The highest BCUT2D eigenvalue weighted by Crippen LogP contribution is 2.47. The van der Waals surface area contributed by atoms with Crippen LogP contribution in [0.3, 0.4) is 0 Å². The van der Waals surface area contributed by atoms with Crippen molar-refractivity contribution in [1.82, 2.24) is 10.2 Å². The van der Waals surface area contributed by atoms with E-state index < -0.39 is 75.1 Å². The molecule has 2 aliphatic rings. The van der Waals surface area contributed by atoms with Gasteiger partial charge in [-0.1, -0.05) is 0 Å². The van der Waals surface area contributed by atoms with E-state index in [1.165, 1.54) is 6.92 Å². The van der Waals surface area contributed by atoms with Gasteiger partial charge in [-0.25, -0.2) is 4.79 Å². The quantitative estimate of drug-likeness (QED) is 0.165. The molecule has 0 saturated carbocycles. The smallest absolute Gasteiger partial charge is 0.369 e. The number of amides is 2. The Labute approximate surface area is 170 Å². The number of hydrogen-bond donors (Lipinski definition) is 11. The summed E-state index contributed by atoms with van der Waals surface area (Å²) < 4.78 is 16.4. The van der Waals surface area contributed by atoms with Crippen molar-refractivity contribution in [3.8, 4) is 0 Å². The van der Waals surface area contributed by atoms with Gasteiger partial charge in [0.1, 0.15) is 30.0 Å². The van der Waals surface area contributed by atoms with Crippen LogP contribution in [0.5, 0.6) is 0 Å². The summed E-state index contributed by atoms with van der Waals surface area (Å²) in [5, 5.41) is 62.2. The van der Waals surface area contributed by atoms with Crippen LogP contribution in [0.4, 0.5) is 4.79 Å². The van der Waals surface area contributed by atoms with Gasteiger partial charge in [0.15, 0.2) is 6.23 Å². The number of nitrogens with zero attached hydrogens (tertiary/aromatic N) is 1. The van der Waals surface area contributed by atoms with Crippen LogP contribution in [-0.4, -0.2) is 118 Å². The van der Waals surface area contributed by atoms with Crippen LogP contribution >= 0.6 is 7.60 Å². The second kappa shape index (κ2) is 9.95. The molecule has 15 nitrogen and oxygen atoms in total. The van der Waals surface area contributed by atoms with E-state index >= 15 is 0 Å². The number of carbonyl (C=O) groups is 1. The molecule has 176 valence electrons. The number of hydrogen-bond acceptors (Lipinski definition) is 11. The number of rotatable bonds is 6. The second-order valence-corrected chi connectivity index (χ2v) is 8.79. The average Bonchev–Trinajstić information content (AvgIpc) is 2.95. The van der Waals surface area contributed by atoms with E-state index in [1.54, 1.807) is 0 Å². The van der Waals surface area contributed by atoms with E-state index in [0.29, 0.717) is 0 Å². The van der Waals surface area contributed by atoms with Gasteiger partial charge in [-0.15, -0.1) is 0 Å². The predicted molar refractivity (Wildman–Crippen MR) is 97.0 cm³/mol. The molecule has 12 N–H and O–H groups in total. The molecule has 2 rings (SSSR count). The van der Waals surface area contributed by atoms with Gasteiger partial charge in [0.2, 0.25) is 5.40 Å². The lowest BCUT2D eigenvalue weighted by atomic mass is 10.0. The number of aliphatic hydroxyl groups excluding tert-OH is 6. The van der Waals surface area contributed by atoms with Crippen LogP contribution in [0.15, 0.2) is 12.3 Å². The minimum Gasteiger partial charge on any atom is -0.394 e. The number of carbonyl (C=O) groups excluding carboxylic acids is 1. The Morgan fingerprint density at radius 2 is 1.90 bits per heavy atom. The van der Waals surface area contributed by atoms with Gasteiger partial charge in [-0.05, 0) is 13.0 Å². The molecular formula is C14H28N3O12P. The molecule has 2 heterocycles. The number of ether oxygens (including phenoxy) is 1. The van der Waals surface area contributed by atoms with Crippen molar-refractivity contribution in [3.05, 3.63) is 12.3 Å². The summed E-state index contributed by atoms with van der Waals surface area (Å²) in [5.41, 5.74) is 3.81. The van der Waals surface area contributed by atoms with E-state index in [-0.39, 0.29) is 0 Å². The molecule has 1 fully saturated rings. The van der Waals surface area contributed by atoms with Gasteiger partial charge >= 0.3 is 13.6 Å². The van der Waals surface area contributed by atoms with E-state index in [1.807, 2.05) is 5.32 Å². The molecule has 30 heavy (non-hydrogen) atoms. The zero-order valence-corrected chi connectivity index (χ0v) is 16.8. The molecule has 0 bridgehead atoms. The fourth-order valence-electron chi connectivity index (χ4n) is 2.32. The van der Waals surface area contributed by atoms with E-state index in [0.717, 1.165) is 17.2 Å². The first-order valence-corrected chi connectivity index (χ1v) is 10.2. The minimum atomic E-state index is -4.85. The Bertz CT molecular complexity index is 673. The molecule has 0 aromatic rings. The normalized spacial score (nSPS) is 34.6. The van der Waals surface area contributed by atoms with Crippen LogP contribution < -0.4 is 11.1 Å². The molecule has 1 unspecified atom stereocenters. The molecule has 0 radical (unpaired) electrons.